The maximum atomic E-state index is 12.6. The average molecular weight is 263 g/mol. The molecule has 5 heteroatoms. The Labute approximate surface area is 112 Å². The van der Waals surface area contributed by atoms with Crippen LogP contribution in [0.3, 0.4) is 0 Å². The summed E-state index contributed by atoms with van der Waals surface area (Å²) in [5, 5.41) is 4.48. The second-order valence-corrected chi connectivity index (χ2v) is 4.36. The molecule has 0 atom stereocenters. The van der Waals surface area contributed by atoms with E-state index in [2.05, 4.69) is 23.9 Å². The van der Waals surface area contributed by atoms with Crippen LogP contribution >= 0.6 is 0 Å². The van der Waals surface area contributed by atoms with Gasteiger partial charge in [0.1, 0.15) is 12.4 Å². The number of hydrogen-bond acceptors (Lipinski definition) is 3. The van der Waals surface area contributed by atoms with Gasteiger partial charge < -0.3 is 4.74 Å². The largest absolute Gasteiger partial charge is 0.486 e. The van der Waals surface area contributed by atoms with E-state index in [0.29, 0.717) is 18.4 Å². The molecule has 0 amide bonds. The summed E-state index contributed by atoms with van der Waals surface area (Å²) in [6, 6.07) is 5.20. The third-order valence-corrected chi connectivity index (χ3v) is 3.07. The van der Waals surface area contributed by atoms with Crippen LogP contribution in [0.5, 0.6) is 5.75 Å². The molecular weight excluding hydrogens is 245 g/mol. The average Bonchev–Trinajstić information content (AvgIpc) is 2.88. The third-order valence-electron chi connectivity index (χ3n) is 3.07. The van der Waals surface area contributed by atoms with Crippen LogP contribution in [0.1, 0.15) is 38.4 Å². The molecule has 0 aliphatic heterocycles. The summed E-state index contributed by atoms with van der Waals surface area (Å²) in [6.45, 7) is 4.66. The number of rotatable bonds is 6. The molecule has 0 fully saturated rings. The van der Waals surface area contributed by atoms with E-state index in [1.54, 1.807) is 6.07 Å². The number of hydrogen-bond donors (Lipinski definition) is 0. The highest BCUT2D eigenvalue weighted by Gasteiger charge is 2.08. The van der Waals surface area contributed by atoms with Crippen molar-refractivity contribution in [2.75, 3.05) is 0 Å². The topological polar surface area (TPSA) is 39.9 Å². The van der Waals surface area contributed by atoms with Crippen molar-refractivity contribution < 1.29 is 9.13 Å². The maximum absolute atomic E-state index is 12.6. The molecule has 2 aromatic rings. The van der Waals surface area contributed by atoms with Crippen LogP contribution in [0, 0.1) is 5.95 Å². The smallest absolute Gasteiger partial charge is 0.213 e. The Morgan fingerprint density at radius 1 is 1.26 bits per heavy atom. The molecule has 0 N–H and O–H groups in total. The van der Waals surface area contributed by atoms with E-state index < -0.39 is 5.95 Å². The monoisotopic (exact) mass is 263 g/mol. The Bertz CT molecular complexity index is 506. The molecule has 0 bridgehead atoms. The molecule has 2 heterocycles. The first-order valence-electron chi connectivity index (χ1n) is 6.51. The number of halogens is 1. The van der Waals surface area contributed by atoms with Crippen LogP contribution in [-0.2, 0) is 6.61 Å². The Morgan fingerprint density at radius 3 is 2.68 bits per heavy atom. The van der Waals surface area contributed by atoms with Crippen LogP contribution < -0.4 is 4.74 Å². The Kier molecular flexibility index (Phi) is 4.49. The van der Waals surface area contributed by atoms with Gasteiger partial charge in [-0.05, 0) is 31.0 Å². The van der Waals surface area contributed by atoms with Gasteiger partial charge in [-0.1, -0.05) is 13.8 Å². The molecule has 0 saturated carbocycles. The van der Waals surface area contributed by atoms with Crippen molar-refractivity contribution in [2.24, 2.45) is 0 Å². The van der Waals surface area contributed by atoms with Gasteiger partial charge in [0.05, 0.1) is 17.9 Å². The standard InChI is InChI=1S/C14H18FN3O/c1-3-12(4-2)18-8-7-11(17-18)10-19-13-5-6-14(15)16-9-13/h5-9,12H,3-4,10H2,1-2H3. The summed E-state index contributed by atoms with van der Waals surface area (Å²) in [7, 11) is 0. The van der Waals surface area contributed by atoms with E-state index in [4.69, 9.17) is 4.74 Å². The van der Waals surface area contributed by atoms with Gasteiger partial charge in [0, 0.05) is 6.20 Å². The molecule has 0 radical (unpaired) electrons. The molecule has 0 unspecified atom stereocenters. The van der Waals surface area contributed by atoms with Gasteiger partial charge in [-0.3, -0.25) is 4.68 Å². The Balaban J connectivity index is 1.95. The normalized spacial score (nSPS) is 10.9. The minimum atomic E-state index is -0.509. The van der Waals surface area contributed by atoms with Gasteiger partial charge >= 0.3 is 0 Å². The Morgan fingerprint density at radius 2 is 2.05 bits per heavy atom. The highest BCUT2D eigenvalue weighted by atomic mass is 19.1. The number of aromatic nitrogens is 3. The second-order valence-electron chi connectivity index (χ2n) is 4.36. The summed E-state index contributed by atoms with van der Waals surface area (Å²) >= 11 is 0. The molecule has 4 nitrogen and oxygen atoms in total. The maximum Gasteiger partial charge on any atom is 0.213 e. The fraction of sp³-hybridized carbons (Fsp3) is 0.429. The van der Waals surface area contributed by atoms with E-state index in [0.717, 1.165) is 18.5 Å². The summed E-state index contributed by atoms with van der Waals surface area (Å²) in [6.07, 6.45) is 5.45. The number of nitrogens with zero attached hydrogens (tertiary/aromatic N) is 3. The van der Waals surface area contributed by atoms with Gasteiger partial charge in [-0.25, -0.2) is 4.98 Å². The molecule has 2 aromatic heterocycles. The van der Waals surface area contributed by atoms with Crippen molar-refractivity contribution in [3.05, 3.63) is 42.2 Å². The lowest BCUT2D eigenvalue weighted by atomic mass is 10.2. The quantitative estimate of drug-likeness (QED) is 0.750. The second kappa shape index (κ2) is 6.31. The predicted octanol–water partition coefficient (Wildman–Crippen LogP) is 3.36. The van der Waals surface area contributed by atoms with E-state index in [9.17, 15) is 4.39 Å². The van der Waals surface area contributed by atoms with Crippen molar-refractivity contribution in [3.8, 4) is 5.75 Å². The first kappa shape index (κ1) is 13.5. The van der Waals surface area contributed by atoms with E-state index in [1.807, 2.05) is 16.9 Å². The summed E-state index contributed by atoms with van der Waals surface area (Å²) in [5.41, 5.74) is 0.858. The van der Waals surface area contributed by atoms with E-state index in [-0.39, 0.29) is 0 Å². The lowest BCUT2D eigenvalue weighted by Crippen LogP contribution is -2.08. The van der Waals surface area contributed by atoms with Crippen LogP contribution in [0.25, 0.3) is 0 Å². The highest BCUT2D eigenvalue weighted by molar-refractivity contribution is 5.16. The van der Waals surface area contributed by atoms with Crippen LogP contribution in [0.15, 0.2) is 30.6 Å². The molecule has 0 saturated heterocycles. The van der Waals surface area contributed by atoms with E-state index in [1.165, 1.54) is 12.3 Å². The molecule has 0 aliphatic carbocycles. The zero-order valence-corrected chi connectivity index (χ0v) is 11.2. The first-order valence-corrected chi connectivity index (χ1v) is 6.51. The molecule has 102 valence electrons. The predicted molar refractivity (Wildman–Crippen MR) is 70.4 cm³/mol. The van der Waals surface area contributed by atoms with Crippen LogP contribution in [-0.4, -0.2) is 14.8 Å². The fourth-order valence-corrected chi connectivity index (χ4v) is 1.93. The van der Waals surface area contributed by atoms with Gasteiger partial charge in [0.25, 0.3) is 0 Å². The minimum absolute atomic E-state index is 0.362. The molecule has 2 rings (SSSR count). The minimum Gasteiger partial charge on any atom is -0.486 e. The van der Waals surface area contributed by atoms with Crippen LogP contribution in [0.4, 0.5) is 4.39 Å². The lowest BCUT2D eigenvalue weighted by molar-refractivity contribution is 0.295. The van der Waals surface area contributed by atoms with Gasteiger partial charge in [-0.15, -0.1) is 0 Å². The van der Waals surface area contributed by atoms with Gasteiger partial charge in [0.2, 0.25) is 5.95 Å². The zero-order valence-electron chi connectivity index (χ0n) is 11.2. The number of pyridine rings is 1. The fourth-order valence-electron chi connectivity index (χ4n) is 1.93. The Hall–Kier alpha value is -1.91. The molecular formula is C14H18FN3O. The van der Waals surface area contributed by atoms with Crippen LogP contribution in [0.2, 0.25) is 0 Å². The van der Waals surface area contributed by atoms with Crippen molar-refractivity contribution in [3.63, 3.8) is 0 Å². The molecule has 0 aromatic carbocycles. The zero-order chi connectivity index (χ0) is 13.7. The van der Waals surface area contributed by atoms with Crippen molar-refractivity contribution in [1.29, 1.82) is 0 Å². The van der Waals surface area contributed by atoms with Gasteiger partial charge in [-0.2, -0.15) is 9.49 Å². The lowest BCUT2D eigenvalue weighted by Gasteiger charge is -2.12. The SMILES string of the molecule is CCC(CC)n1ccc(COc2ccc(F)nc2)n1. The van der Waals surface area contributed by atoms with Crippen molar-refractivity contribution >= 4 is 0 Å². The third kappa shape index (κ3) is 3.53. The van der Waals surface area contributed by atoms with Gasteiger partial charge in [0.15, 0.2) is 0 Å². The molecule has 0 spiro atoms. The van der Waals surface area contributed by atoms with E-state index >= 15 is 0 Å². The summed E-state index contributed by atoms with van der Waals surface area (Å²) in [5.74, 6) is 0.0313. The number of ether oxygens (including phenoxy) is 1. The molecule has 19 heavy (non-hydrogen) atoms. The van der Waals surface area contributed by atoms with Crippen molar-refractivity contribution in [1.82, 2.24) is 14.8 Å². The summed E-state index contributed by atoms with van der Waals surface area (Å²) in [4.78, 5) is 3.53. The summed E-state index contributed by atoms with van der Waals surface area (Å²) < 4.78 is 20.1. The molecule has 0 aliphatic rings. The highest BCUT2D eigenvalue weighted by Crippen LogP contribution is 2.15. The van der Waals surface area contributed by atoms with Crippen molar-refractivity contribution in [2.45, 2.75) is 39.3 Å². The first-order chi connectivity index (χ1) is 9.22.